The summed E-state index contributed by atoms with van der Waals surface area (Å²) in [6, 6.07) is 0. The maximum atomic E-state index is 11.0. The Balaban J connectivity index is 2.72. The van der Waals surface area contributed by atoms with E-state index in [2.05, 4.69) is 21.9 Å². The van der Waals surface area contributed by atoms with E-state index in [0.717, 1.165) is 12.8 Å². The molecule has 0 N–H and O–H groups in total. The fourth-order valence-electron chi connectivity index (χ4n) is 1.16. The molecule has 0 aliphatic rings. The Morgan fingerprint density at radius 1 is 1.57 bits per heavy atom. The van der Waals surface area contributed by atoms with Crippen molar-refractivity contribution in [3.8, 4) is 0 Å². The second-order valence-corrected chi connectivity index (χ2v) is 3.13. The standard InChI is InChI=1S/C9H14N2O3/c1-4-5-6(2)7-10-11-8(14-7)9(12)13-3/h6H,4-5H2,1-3H3. The summed E-state index contributed by atoms with van der Waals surface area (Å²) in [4.78, 5) is 11.0. The van der Waals surface area contributed by atoms with Crippen LogP contribution in [-0.2, 0) is 4.74 Å². The van der Waals surface area contributed by atoms with Gasteiger partial charge in [-0.1, -0.05) is 20.3 Å². The third-order valence-corrected chi connectivity index (χ3v) is 1.94. The predicted molar refractivity (Wildman–Crippen MR) is 49.0 cm³/mol. The van der Waals surface area contributed by atoms with E-state index in [4.69, 9.17) is 4.42 Å². The van der Waals surface area contributed by atoms with Gasteiger partial charge in [0.05, 0.1) is 7.11 Å². The zero-order valence-electron chi connectivity index (χ0n) is 8.61. The molecule has 1 atom stereocenters. The van der Waals surface area contributed by atoms with Crippen molar-refractivity contribution in [2.75, 3.05) is 7.11 Å². The Morgan fingerprint density at radius 3 is 2.86 bits per heavy atom. The highest BCUT2D eigenvalue weighted by Gasteiger charge is 2.18. The van der Waals surface area contributed by atoms with E-state index in [9.17, 15) is 4.79 Å². The normalized spacial score (nSPS) is 12.5. The summed E-state index contributed by atoms with van der Waals surface area (Å²) in [5.41, 5.74) is 0. The maximum absolute atomic E-state index is 11.0. The lowest BCUT2D eigenvalue weighted by atomic mass is 10.1. The number of carbonyl (C=O) groups excluding carboxylic acids is 1. The molecule has 5 nitrogen and oxygen atoms in total. The van der Waals surface area contributed by atoms with Crippen LogP contribution in [0.25, 0.3) is 0 Å². The monoisotopic (exact) mass is 198 g/mol. The minimum absolute atomic E-state index is 0.0783. The average molecular weight is 198 g/mol. The number of hydrogen-bond acceptors (Lipinski definition) is 5. The molecule has 0 fully saturated rings. The van der Waals surface area contributed by atoms with E-state index in [-0.39, 0.29) is 11.8 Å². The van der Waals surface area contributed by atoms with Crippen molar-refractivity contribution in [1.82, 2.24) is 10.2 Å². The number of aromatic nitrogens is 2. The number of hydrogen-bond donors (Lipinski definition) is 0. The first kappa shape index (κ1) is 10.7. The lowest BCUT2D eigenvalue weighted by molar-refractivity contribution is 0.0553. The summed E-state index contributed by atoms with van der Waals surface area (Å²) < 4.78 is 9.61. The maximum Gasteiger partial charge on any atom is 0.396 e. The molecule has 5 heteroatoms. The summed E-state index contributed by atoms with van der Waals surface area (Å²) in [5, 5.41) is 7.39. The minimum atomic E-state index is -0.590. The van der Waals surface area contributed by atoms with Crippen molar-refractivity contribution in [2.24, 2.45) is 0 Å². The van der Waals surface area contributed by atoms with Crippen LogP contribution in [0.1, 0.15) is 49.2 Å². The molecule has 1 aromatic heterocycles. The van der Waals surface area contributed by atoms with Crippen molar-refractivity contribution in [1.29, 1.82) is 0 Å². The molecule has 1 unspecified atom stereocenters. The molecule has 0 spiro atoms. The molecule has 1 heterocycles. The molecule has 0 radical (unpaired) electrons. The number of carbonyl (C=O) groups is 1. The van der Waals surface area contributed by atoms with Crippen molar-refractivity contribution >= 4 is 5.97 Å². The molecule has 14 heavy (non-hydrogen) atoms. The number of rotatable bonds is 4. The van der Waals surface area contributed by atoms with Gasteiger partial charge in [0.15, 0.2) is 0 Å². The molecule has 78 valence electrons. The third kappa shape index (κ3) is 2.31. The van der Waals surface area contributed by atoms with Gasteiger partial charge in [0.1, 0.15) is 0 Å². The fourth-order valence-corrected chi connectivity index (χ4v) is 1.16. The first-order valence-electron chi connectivity index (χ1n) is 4.60. The first-order chi connectivity index (χ1) is 6.69. The summed E-state index contributed by atoms with van der Waals surface area (Å²) in [6.45, 7) is 4.06. The van der Waals surface area contributed by atoms with E-state index in [0.29, 0.717) is 5.89 Å². The van der Waals surface area contributed by atoms with Crippen LogP contribution in [0.4, 0.5) is 0 Å². The van der Waals surface area contributed by atoms with E-state index >= 15 is 0 Å². The zero-order valence-corrected chi connectivity index (χ0v) is 8.61. The van der Waals surface area contributed by atoms with Crippen molar-refractivity contribution < 1.29 is 13.9 Å². The second kappa shape index (κ2) is 4.74. The topological polar surface area (TPSA) is 65.2 Å². The van der Waals surface area contributed by atoms with Gasteiger partial charge in [-0.2, -0.15) is 0 Å². The van der Waals surface area contributed by atoms with Crippen LogP contribution in [0, 0.1) is 0 Å². The number of nitrogens with zero attached hydrogens (tertiary/aromatic N) is 2. The molecule has 1 rings (SSSR count). The summed E-state index contributed by atoms with van der Waals surface area (Å²) in [5.74, 6) is 0.0102. The van der Waals surface area contributed by atoms with Gasteiger partial charge in [-0.25, -0.2) is 4.79 Å². The number of esters is 1. The predicted octanol–water partition coefficient (Wildman–Crippen LogP) is 1.76. The Labute approximate surface area is 82.5 Å². The molecule has 1 aromatic rings. The van der Waals surface area contributed by atoms with Gasteiger partial charge in [-0.3, -0.25) is 0 Å². The molecule has 0 saturated heterocycles. The summed E-state index contributed by atoms with van der Waals surface area (Å²) in [7, 11) is 1.28. The molecule has 0 amide bonds. The Morgan fingerprint density at radius 2 is 2.29 bits per heavy atom. The Hall–Kier alpha value is -1.39. The lowest BCUT2D eigenvalue weighted by Crippen LogP contribution is -2.00. The van der Waals surface area contributed by atoms with Crippen LogP contribution >= 0.6 is 0 Å². The van der Waals surface area contributed by atoms with E-state index < -0.39 is 5.97 Å². The number of methoxy groups -OCH3 is 1. The first-order valence-corrected chi connectivity index (χ1v) is 4.60. The quantitative estimate of drug-likeness (QED) is 0.689. The fraction of sp³-hybridized carbons (Fsp3) is 0.667. The van der Waals surface area contributed by atoms with Gasteiger partial charge in [-0.05, 0) is 6.42 Å². The highest BCUT2D eigenvalue weighted by atomic mass is 16.5. The highest BCUT2D eigenvalue weighted by Crippen LogP contribution is 2.18. The molecule has 0 aliphatic heterocycles. The summed E-state index contributed by atoms with van der Waals surface area (Å²) >= 11 is 0. The molecule has 0 aliphatic carbocycles. The molecular formula is C9H14N2O3. The third-order valence-electron chi connectivity index (χ3n) is 1.94. The van der Waals surface area contributed by atoms with E-state index in [1.54, 1.807) is 0 Å². The van der Waals surface area contributed by atoms with Crippen LogP contribution in [0.15, 0.2) is 4.42 Å². The van der Waals surface area contributed by atoms with Gasteiger partial charge in [0.2, 0.25) is 5.89 Å². The van der Waals surface area contributed by atoms with Crippen LogP contribution in [-0.4, -0.2) is 23.3 Å². The van der Waals surface area contributed by atoms with Gasteiger partial charge in [-0.15, -0.1) is 10.2 Å². The van der Waals surface area contributed by atoms with Crippen molar-refractivity contribution in [3.05, 3.63) is 11.8 Å². The molecule has 0 bridgehead atoms. The van der Waals surface area contributed by atoms with Gasteiger partial charge >= 0.3 is 11.9 Å². The van der Waals surface area contributed by atoms with Crippen molar-refractivity contribution in [2.45, 2.75) is 32.6 Å². The van der Waals surface area contributed by atoms with Crippen LogP contribution < -0.4 is 0 Å². The minimum Gasteiger partial charge on any atom is -0.462 e. The summed E-state index contributed by atoms with van der Waals surface area (Å²) in [6.07, 6.45) is 2.00. The smallest absolute Gasteiger partial charge is 0.396 e. The van der Waals surface area contributed by atoms with Crippen molar-refractivity contribution in [3.63, 3.8) is 0 Å². The van der Waals surface area contributed by atoms with Crippen LogP contribution in [0.3, 0.4) is 0 Å². The zero-order chi connectivity index (χ0) is 10.6. The Bertz CT molecular complexity index is 309. The van der Waals surface area contributed by atoms with Gasteiger partial charge in [0, 0.05) is 5.92 Å². The van der Waals surface area contributed by atoms with Crippen LogP contribution in [0.2, 0.25) is 0 Å². The van der Waals surface area contributed by atoms with E-state index in [1.165, 1.54) is 7.11 Å². The molecule has 0 aromatic carbocycles. The highest BCUT2D eigenvalue weighted by molar-refractivity contribution is 5.83. The molecular weight excluding hydrogens is 184 g/mol. The SMILES string of the molecule is CCCC(C)c1nnc(C(=O)OC)o1. The second-order valence-electron chi connectivity index (χ2n) is 3.13. The largest absolute Gasteiger partial charge is 0.462 e. The number of ether oxygens (including phenoxy) is 1. The van der Waals surface area contributed by atoms with Gasteiger partial charge < -0.3 is 9.15 Å². The average Bonchev–Trinajstić information content (AvgIpc) is 2.66. The molecule has 0 saturated carbocycles. The van der Waals surface area contributed by atoms with E-state index in [1.807, 2.05) is 6.92 Å². The lowest BCUT2D eigenvalue weighted by Gasteiger charge is -2.02. The van der Waals surface area contributed by atoms with Crippen LogP contribution in [0.5, 0.6) is 0 Å². The Kier molecular flexibility index (Phi) is 3.62. The van der Waals surface area contributed by atoms with Gasteiger partial charge in [0.25, 0.3) is 0 Å².